The van der Waals surface area contributed by atoms with Gasteiger partial charge < -0.3 is 15.1 Å². The summed E-state index contributed by atoms with van der Waals surface area (Å²) in [5.41, 5.74) is 4.32. The first-order chi connectivity index (χ1) is 14.5. The van der Waals surface area contributed by atoms with Gasteiger partial charge in [0.15, 0.2) is 11.5 Å². The first kappa shape index (κ1) is 20.4. The number of benzene rings is 1. The van der Waals surface area contributed by atoms with Crippen LogP contribution in [0.4, 0.5) is 17.3 Å². The molecular formula is C22H26ClN7. The lowest BCUT2D eigenvalue weighted by molar-refractivity contribution is 0.413. The molecule has 1 aromatic carbocycles. The van der Waals surface area contributed by atoms with Gasteiger partial charge in [-0.25, -0.2) is 15.0 Å². The number of halogens is 1. The van der Waals surface area contributed by atoms with Crippen molar-refractivity contribution in [2.24, 2.45) is 0 Å². The average molecular weight is 424 g/mol. The van der Waals surface area contributed by atoms with E-state index in [1.54, 1.807) is 12.5 Å². The zero-order valence-corrected chi connectivity index (χ0v) is 18.5. The molecule has 156 valence electrons. The fourth-order valence-corrected chi connectivity index (χ4v) is 3.71. The third-order valence-electron chi connectivity index (χ3n) is 5.17. The Morgan fingerprint density at radius 1 is 1.10 bits per heavy atom. The van der Waals surface area contributed by atoms with Crippen LogP contribution in [-0.4, -0.2) is 58.0 Å². The van der Waals surface area contributed by atoms with Gasteiger partial charge in [-0.15, -0.1) is 0 Å². The highest BCUT2D eigenvalue weighted by atomic mass is 35.5. The number of hydrogen-bond acceptors (Lipinski definition) is 6. The number of nitrogens with zero attached hydrogens (tertiary/aromatic N) is 6. The molecule has 3 aromatic heterocycles. The number of fused-ring (bicyclic) bond motifs is 3. The molecule has 0 spiro atoms. The Bertz CT molecular complexity index is 1160. The van der Waals surface area contributed by atoms with Crippen LogP contribution in [0, 0.1) is 6.92 Å². The summed E-state index contributed by atoms with van der Waals surface area (Å²) in [6.45, 7) is 6.92. The molecule has 4 rings (SSSR count). The van der Waals surface area contributed by atoms with Crippen LogP contribution in [0.1, 0.15) is 12.5 Å². The van der Waals surface area contributed by atoms with Gasteiger partial charge in [0.05, 0.1) is 16.9 Å². The highest BCUT2D eigenvalue weighted by Gasteiger charge is 2.15. The van der Waals surface area contributed by atoms with E-state index in [9.17, 15) is 0 Å². The highest BCUT2D eigenvalue weighted by Crippen LogP contribution is 2.31. The van der Waals surface area contributed by atoms with Crippen LogP contribution in [0.15, 0.2) is 42.9 Å². The molecule has 7 nitrogen and oxygen atoms in total. The summed E-state index contributed by atoms with van der Waals surface area (Å²) >= 11 is 6.41. The Hall–Kier alpha value is -2.90. The number of pyridine rings is 1. The molecule has 30 heavy (non-hydrogen) atoms. The number of aryl methyl sites for hydroxylation is 1. The van der Waals surface area contributed by atoms with Crippen LogP contribution < -0.4 is 10.2 Å². The second-order valence-corrected chi connectivity index (χ2v) is 7.97. The standard InChI is InChI=1S/C22H26ClN7/c1-5-29(12-11-28(3)4)19-10-9-17-22(26-19)30-14-24-13-18(30)21(25-17)27-20-15(2)7-6-8-16(20)23/h6-10,13-14H,5,11-12H2,1-4H3,(H,25,27). The molecule has 0 atom stereocenters. The summed E-state index contributed by atoms with van der Waals surface area (Å²) < 4.78 is 1.97. The van der Waals surface area contributed by atoms with E-state index in [1.807, 2.05) is 41.7 Å². The van der Waals surface area contributed by atoms with Crippen molar-refractivity contribution in [2.75, 3.05) is 43.9 Å². The molecule has 3 heterocycles. The number of para-hydroxylation sites is 1. The fraction of sp³-hybridized carbons (Fsp3) is 0.318. The van der Waals surface area contributed by atoms with Crippen molar-refractivity contribution < 1.29 is 0 Å². The van der Waals surface area contributed by atoms with Gasteiger partial charge in [-0.3, -0.25) is 4.40 Å². The molecule has 8 heteroatoms. The molecule has 0 aliphatic rings. The van der Waals surface area contributed by atoms with Gasteiger partial charge in [0.1, 0.15) is 23.2 Å². The van der Waals surface area contributed by atoms with E-state index >= 15 is 0 Å². The maximum absolute atomic E-state index is 6.41. The van der Waals surface area contributed by atoms with Crippen molar-refractivity contribution in [2.45, 2.75) is 13.8 Å². The van der Waals surface area contributed by atoms with Crippen molar-refractivity contribution in [3.8, 4) is 0 Å². The van der Waals surface area contributed by atoms with Gasteiger partial charge in [-0.2, -0.15) is 0 Å². The molecule has 0 fully saturated rings. The number of anilines is 3. The van der Waals surface area contributed by atoms with E-state index in [0.29, 0.717) is 10.8 Å². The Balaban J connectivity index is 1.78. The Kier molecular flexibility index (Phi) is 5.74. The van der Waals surface area contributed by atoms with Gasteiger partial charge in [-0.1, -0.05) is 23.7 Å². The quantitative estimate of drug-likeness (QED) is 0.476. The predicted octanol–water partition coefficient (Wildman–Crippen LogP) is 4.37. The maximum atomic E-state index is 6.41. The van der Waals surface area contributed by atoms with E-state index in [4.69, 9.17) is 21.6 Å². The maximum Gasteiger partial charge on any atom is 0.166 e. The lowest BCUT2D eigenvalue weighted by Crippen LogP contribution is -2.32. The van der Waals surface area contributed by atoms with Gasteiger partial charge in [0, 0.05) is 19.6 Å². The molecule has 0 saturated carbocycles. The van der Waals surface area contributed by atoms with Gasteiger partial charge >= 0.3 is 0 Å². The smallest absolute Gasteiger partial charge is 0.166 e. The molecule has 0 saturated heterocycles. The fourth-order valence-electron chi connectivity index (χ4n) is 3.44. The lowest BCUT2D eigenvalue weighted by Gasteiger charge is -2.24. The monoisotopic (exact) mass is 423 g/mol. The molecule has 4 aromatic rings. The van der Waals surface area contributed by atoms with Gasteiger partial charge in [0.2, 0.25) is 0 Å². The minimum Gasteiger partial charge on any atom is -0.356 e. The molecule has 0 bridgehead atoms. The van der Waals surface area contributed by atoms with Crippen LogP contribution in [0.2, 0.25) is 5.02 Å². The van der Waals surface area contributed by atoms with Crippen molar-refractivity contribution >= 4 is 45.6 Å². The zero-order chi connectivity index (χ0) is 21.3. The summed E-state index contributed by atoms with van der Waals surface area (Å²) in [6.07, 6.45) is 3.57. The largest absolute Gasteiger partial charge is 0.356 e. The molecule has 0 aliphatic heterocycles. The zero-order valence-electron chi connectivity index (χ0n) is 17.7. The number of likely N-dealkylation sites (N-methyl/N-ethyl adjacent to an activating group) is 2. The van der Waals surface area contributed by atoms with E-state index < -0.39 is 0 Å². The topological polar surface area (TPSA) is 61.6 Å². The molecular weight excluding hydrogens is 398 g/mol. The number of imidazole rings is 1. The number of aromatic nitrogens is 4. The molecule has 0 radical (unpaired) electrons. The van der Waals surface area contributed by atoms with Crippen molar-refractivity contribution in [1.82, 2.24) is 24.3 Å². The normalized spacial score (nSPS) is 11.5. The van der Waals surface area contributed by atoms with Crippen LogP contribution in [-0.2, 0) is 0 Å². The van der Waals surface area contributed by atoms with Crippen LogP contribution in [0.25, 0.3) is 16.7 Å². The predicted molar refractivity (Wildman–Crippen MR) is 124 cm³/mol. The Morgan fingerprint density at radius 2 is 1.93 bits per heavy atom. The number of rotatable bonds is 7. The van der Waals surface area contributed by atoms with Gasteiger partial charge in [0.25, 0.3) is 0 Å². The summed E-state index contributed by atoms with van der Waals surface area (Å²) in [5.74, 6) is 1.64. The lowest BCUT2D eigenvalue weighted by atomic mass is 10.2. The summed E-state index contributed by atoms with van der Waals surface area (Å²) in [4.78, 5) is 18.5. The SMILES string of the molecule is CCN(CCN(C)C)c1ccc2nc(Nc3c(C)cccc3Cl)c3cncn3c2n1. The number of hydrogen-bond donors (Lipinski definition) is 1. The van der Waals surface area contributed by atoms with E-state index in [1.165, 1.54) is 0 Å². The van der Waals surface area contributed by atoms with Crippen LogP contribution in [0.3, 0.4) is 0 Å². The van der Waals surface area contributed by atoms with E-state index in [2.05, 4.69) is 41.1 Å². The van der Waals surface area contributed by atoms with Crippen molar-refractivity contribution in [1.29, 1.82) is 0 Å². The highest BCUT2D eigenvalue weighted by molar-refractivity contribution is 6.33. The second kappa shape index (κ2) is 8.45. The third-order valence-corrected chi connectivity index (χ3v) is 5.48. The molecule has 1 N–H and O–H groups in total. The number of nitrogens with one attached hydrogen (secondary N) is 1. The van der Waals surface area contributed by atoms with Crippen LogP contribution in [0.5, 0.6) is 0 Å². The molecule has 0 unspecified atom stereocenters. The average Bonchev–Trinajstić information content (AvgIpc) is 3.21. The minimum atomic E-state index is 0.655. The van der Waals surface area contributed by atoms with E-state index in [0.717, 1.165) is 53.4 Å². The van der Waals surface area contributed by atoms with Gasteiger partial charge in [-0.05, 0) is 51.7 Å². The summed E-state index contributed by atoms with van der Waals surface area (Å²) in [7, 11) is 4.16. The second-order valence-electron chi connectivity index (χ2n) is 7.56. The Morgan fingerprint density at radius 3 is 2.67 bits per heavy atom. The first-order valence-electron chi connectivity index (χ1n) is 10.0. The van der Waals surface area contributed by atoms with Crippen molar-refractivity contribution in [3.63, 3.8) is 0 Å². The van der Waals surface area contributed by atoms with Crippen LogP contribution >= 0.6 is 11.6 Å². The minimum absolute atomic E-state index is 0.655. The molecule has 0 amide bonds. The van der Waals surface area contributed by atoms with Crippen molar-refractivity contribution in [3.05, 3.63) is 53.4 Å². The third kappa shape index (κ3) is 3.91. The summed E-state index contributed by atoms with van der Waals surface area (Å²) in [6, 6.07) is 9.87. The molecule has 0 aliphatic carbocycles. The summed E-state index contributed by atoms with van der Waals surface area (Å²) in [5, 5.41) is 4.05. The van der Waals surface area contributed by atoms with E-state index in [-0.39, 0.29) is 0 Å². The Labute approximate surface area is 181 Å². The first-order valence-corrected chi connectivity index (χ1v) is 10.4.